The fourth-order valence-electron chi connectivity index (χ4n) is 3.31. The van der Waals surface area contributed by atoms with Gasteiger partial charge in [0.05, 0.1) is 6.10 Å². The van der Waals surface area contributed by atoms with E-state index >= 15 is 0 Å². The highest BCUT2D eigenvalue weighted by Crippen LogP contribution is 2.33. The minimum Gasteiger partial charge on any atom is -0.392 e. The lowest BCUT2D eigenvalue weighted by Crippen LogP contribution is -2.43. The highest BCUT2D eigenvalue weighted by molar-refractivity contribution is 5.35. The maximum absolute atomic E-state index is 13.3. The van der Waals surface area contributed by atoms with Crippen molar-refractivity contribution in [2.24, 2.45) is 0 Å². The molecule has 0 spiro atoms. The second-order valence-corrected chi connectivity index (χ2v) is 5.56. The van der Waals surface area contributed by atoms with Crippen molar-refractivity contribution in [1.82, 2.24) is 5.32 Å². The molecule has 2 aliphatic rings. The first-order valence-electron chi connectivity index (χ1n) is 6.96. The third-order valence-corrected chi connectivity index (χ3v) is 4.33. The van der Waals surface area contributed by atoms with Gasteiger partial charge in [0.1, 0.15) is 5.82 Å². The van der Waals surface area contributed by atoms with Gasteiger partial charge in [-0.1, -0.05) is 18.9 Å². The van der Waals surface area contributed by atoms with Gasteiger partial charge in [-0.3, -0.25) is 0 Å². The summed E-state index contributed by atoms with van der Waals surface area (Å²) in [5.41, 5.74) is 2.34. The van der Waals surface area contributed by atoms with Crippen molar-refractivity contribution in [2.45, 2.75) is 56.7 Å². The molecule has 0 radical (unpaired) electrons. The summed E-state index contributed by atoms with van der Waals surface area (Å²) in [4.78, 5) is 0. The Balaban J connectivity index is 1.74. The van der Waals surface area contributed by atoms with E-state index in [1.807, 2.05) is 6.07 Å². The van der Waals surface area contributed by atoms with E-state index in [1.54, 1.807) is 6.07 Å². The zero-order chi connectivity index (χ0) is 12.5. The molecule has 1 saturated carbocycles. The van der Waals surface area contributed by atoms with E-state index in [0.29, 0.717) is 0 Å². The van der Waals surface area contributed by atoms with Gasteiger partial charge in [0.25, 0.3) is 0 Å². The van der Waals surface area contributed by atoms with Crippen molar-refractivity contribution in [3.63, 3.8) is 0 Å². The Morgan fingerprint density at radius 2 is 2.00 bits per heavy atom. The van der Waals surface area contributed by atoms with Gasteiger partial charge in [0.15, 0.2) is 0 Å². The minimum atomic E-state index is -0.239. The van der Waals surface area contributed by atoms with Crippen molar-refractivity contribution >= 4 is 0 Å². The molecule has 18 heavy (non-hydrogen) atoms. The summed E-state index contributed by atoms with van der Waals surface area (Å²) in [5, 5.41) is 13.5. The van der Waals surface area contributed by atoms with Crippen LogP contribution in [0.3, 0.4) is 0 Å². The smallest absolute Gasteiger partial charge is 0.123 e. The summed E-state index contributed by atoms with van der Waals surface area (Å²) in [7, 11) is 0. The molecule has 0 aromatic heterocycles. The zero-order valence-electron chi connectivity index (χ0n) is 10.5. The summed E-state index contributed by atoms with van der Waals surface area (Å²) in [6.07, 6.45) is 6.00. The molecule has 2 nitrogen and oxygen atoms in total. The maximum Gasteiger partial charge on any atom is 0.123 e. The summed E-state index contributed by atoms with van der Waals surface area (Å²) in [5.74, 6) is -0.161. The van der Waals surface area contributed by atoms with Crippen LogP contribution < -0.4 is 5.32 Å². The van der Waals surface area contributed by atoms with Crippen molar-refractivity contribution in [1.29, 1.82) is 0 Å². The van der Waals surface area contributed by atoms with Gasteiger partial charge >= 0.3 is 0 Å². The monoisotopic (exact) mass is 249 g/mol. The molecule has 0 saturated heterocycles. The first-order valence-corrected chi connectivity index (χ1v) is 6.96. The van der Waals surface area contributed by atoms with Crippen LogP contribution in [0.15, 0.2) is 18.2 Å². The van der Waals surface area contributed by atoms with E-state index in [1.165, 1.54) is 18.1 Å². The van der Waals surface area contributed by atoms with Crippen LogP contribution in [0.25, 0.3) is 0 Å². The average molecular weight is 249 g/mol. The number of fused-ring (bicyclic) bond motifs is 1. The molecule has 1 aromatic carbocycles. The third-order valence-electron chi connectivity index (χ3n) is 4.33. The minimum absolute atomic E-state index is 0.161. The number of rotatable bonds is 2. The first kappa shape index (κ1) is 12.1. The van der Waals surface area contributed by atoms with Crippen molar-refractivity contribution in [2.75, 3.05) is 0 Å². The molecule has 3 rings (SSSR count). The van der Waals surface area contributed by atoms with E-state index in [0.717, 1.165) is 37.7 Å². The predicted molar refractivity (Wildman–Crippen MR) is 68.9 cm³/mol. The molecular weight excluding hydrogens is 229 g/mol. The lowest BCUT2D eigenvalue weighted by Gasteiger charge is -2.31. The van der Waals surface area contributed by atoms with E-state index < -0.39 is 0 Å². The summed E-state index contributed by atoms with van der Waals surface area (Å²) in [6, 6.07) is 5.47. The van der Waals surface area contributed by atoms with Gasteiger partial charge in [-0.15, -0.1) is 0 Å². The Morgan fingerprint density at radius 3 is 2.83 bits per heavy atom. The number of nitrogens with one attached hydrogen (secondary N) is 1. The quantitative estimate of drug-likeness (QED) is 0.844. The van der Waals surface area contributed by atoms with Gasteiger partial charge < -0.3 is 10.4 Å². The van der Waals surface area contributed by atoms with E-state index in [2.05, 4.69) is 5.32 Å². The maximum atomic E-state index is 13.3. The molecule has 0 heterocycles. The molecule has 1 aromatic rings. The molecule has 3 heteroatoms. The van der Waals surface area contributed by atoms with Gasteiger partial charge in [-0.25, -0.2) is 4.39 Å². The van der Waals surface area contributed by atoms with Crippen molar-refractivity contribution < 1.29 is 9.50 Å². The second-order valence-electron chi connectivity index (χ2n) is 5.56. The Kier molecular flexibility index (Phi) is 3.35. The first-order chi connectivity index (χ1) is 8.74. The Hall–Kier alpha value is -0.930. The topological polar surface area (TPSA) is 32.3 Å². The van der Waals surface area contributed by atoms with Gasteiger partial charge in [-0.05, 0) is 48.9 Å². The molecule has 0 aliphatic heterocycles. The molecule has 0 bridgehead atoms. The molecule has 3 atom stereocenters. The van der Waals surface area contributed by atoms with Gasteiger partial charge in [-0.2, -0.15) is 0 Å². The normalized spacial score (nSPS) is 31.3. The third kappa shape index (κ3) is 2.29. The summed E-state index contributed by atoms with van der Waals surface area (Å²) < 4.78 is 13.3. The summed E-state index contributed by atoms with van der Waals surface area (Å²) >= 11 is 0. The fourth-order valence-corrected chi connectivity index (χ4v) is 3.31. The van der Waals surface area contributed by atoms with Crippen LogP contribution in [0.1, 0.15) is 49.3 Å². The number of halogens is 1. The van der Waals surface area contributed by atoms with Crippen LogP contribution in [-0.2, 0) is 6.42 Å². The molecule has 0 amide bonds. The SMILES string of the molecule is OC1CCCCC1NC1CCc2ccc(F)cc21. The Labute approximate surface area is 107 Å². The lowest BCUT2D eigenvalue weighted by molar-refractivity contribution is 0.0848. The second kappa shape index (κ2) is 4.98. The van der Waals surface area contributed by atoms with Crippen LogP contribution in [0.5, 0.6) is 0 Å². The van der Waals surface area contributed by atoms with E-state index in [-0.39, 0.29) is 24.0 Å². The number of aliphatic hydroxyl groups excluding tert-OH is 1. The van der Waals surface area contributed by atoms with Crippen LogP contribution in [0.2, 0.25) is 0 Å². The number of benzene rings is 1. The zero-order valence-corrected chi connectivity index (χ0v) is 10.5. The summed E-state index contributed by atoms with van der Waals surface area (Å²) in [6.45, 7) is 0. The van der Waals surface area contributed by atoms with E-state index in [4.69, 9.17) is 0 Å². The highest BCUT2D eigenvalue weighted by atomic mass is 19.1. The molecule has 2 aliphatic carbocycles. The lowest BCUT2D eigenvalue weighted by atomic mass is 9.91. The number of aryl methyl sites for hydroxylation is 1. The molecule has 3 unspecified atom stereocenters. The fraction of sp³-hybridized carbons (Fsp3) is 0.600. The largest absolute Gasteiger partial charge is 0.392 e. The number of hydrogen-bond donors (Lipinski definition) is 2. The predicted octanol–water partition coefficient (Wildman–Crippen LogP) is 2.71. The van der Waals surface area contributed by atoms with Gasteiger partial charge in [0.2, 0.25) is 0 Å². The number of aliphatic hydroxyl groups is 1. The Bertz CT molecular complexity index is 435. The Morgan fingerprint density at radius 1 is 1.17 bits per heavy atom. The van der Waals surface area contributed by atoms with Crippen LogP contribution in [-0.4, -0.2) is 17.3 Å². The van der Waals surface area contributed by atoms with Crippen molar-refractivity contribution in [3.8, 4) is 0 Å². The molecule has 98 valence electrons. The molecule has 2 N–H and O–H groups in total. The number of hydrogen-bond acceptors (Lipinski definition) is 2. The highest BCUT2D eigenvalue weighted by Gasteiger charge is 2.29. The molecule has 1 fully saturated rings. The van der Waals surface area contributed by atoms with Crippen LogP contribution in [0.4, 0.5) is 4.39 Å². The van der Waals surface area contributed by atoms with E-state index in [9.17, 15) is 9.50 Å². The standard InChI is InChI=1S/C15H20FNO/c16-11-7-5-10-6-8-13(12(10)9-11)17-14-3-1-2-4-15(14)18/h5,7,9,13-15,17-18H,1-4,6,8H2. The molecular formula is C15H20FNO. The van der Waals surface area contributed by atoms with Crippen molar-refractivity contribution in [3.05, 3.63) is 35.1 Å². The van der Waals surface area contributed by atoms with Crippen LogP contribution >= 0.6 is 0 Å². The van der Waals surface area contributed by atoms with Gasteiger partial charge in [0, 0.05) is 12.1 Å². The van der Waals surface area contributed by atoms with Crippen LogP contribution in [0, 0.1) is 5.82 Å². The average Bonchev–Trinajstić information content (AvgIpc) is 2.75.